The number of halogens is 1. The van der Waals surface area contributed by atoms with Gasteiger partial charge in [0.15, 0.2) is 6.29 Å². The molecule has 3 aliphatic heterocycles. The zero-order chi connectivity index (χ0) is 34.5. The fourth-order valence-corrected chi connectivity index (χ4v) is 11.0. The molecule has 8 nitrogen and oxygen atoms in total. The van der Waals surface area contributed by atoms with Crippen LogP contribution in [0.25, 0.3) is 0 Å². The van der Waals surface area contributed by atoms with E-state index in [1.54, 1.807) is 6.07 Å². The van der Waals surface area contributed by atoms with Crippen LogP contribution >= 0.6 is 11.6 Å². The first-order valence-corrected chi connectivity index (χ1v) is 20.6. The summed E-state index contributed by atoms with van der Waals surface area (Å²) in [5.74, 6) is 6.41. The highest BCUT2D eigenvalue weighted by Gasteiger charge is 2.47. The lowest BCUT2D eigenvalue weighted by Crippen LogP contribution is -2.52. The average molecular weight is 712 g/mol. The van der Waals surface area contributed by atoms with E-state index in [-0.39, 0.29) is 35.5 Å². The third-order valence-electron chi connectivity index (χ3n) is 12.5. The number of rotatable bonds is 2. The highest BCUT2D eigenvalue weighted by Crippen LogP contribution is 2.49. The summed E-state index contributed by atoms with van der Waals surface area (Å²) in [7, 11) is 1.31. The summed E-state index contributed by atoms with van der Waals surface area (Å²) in [4.78, 5) is 18.3. The predicted molar refractivity (Wildman–Crippen MR) is 198 cm³/mol. The van der Waals surface area contributed by atoms with Gasteiger partial charge in [0.25, 0.3) is 5.91 Å². The summed E-state index contributed by atoms with van der Waals surface area (Å²) in [6, 6.07) is 12.3. The van der Waals surface area contributed by atoms with E-state index in [0.717, 1.165) is 74.5 Å². The van der Waals surface area contributed by atoms with Crippen LogP contribution in [0.2, 0.25) is 5.02 Å². The Hall–Kier alpha value is -2.30. The highest BCUT2D eigenvalue weighted by atomic mass is 35.5. The molecule has 268 valence electrons. The number of hydrogen-bond acceptors (Lipinski definition) is 7. The Kier molecular flexibility index (Phi) is 10.0. The molecule has 49 heavy (non-hydrogen) atoms. The van der Waals surface area contributed by atoms with Crippen LogP contribution in [0.4, 0.5) is 5.69 Å². The summed E-state index contributed by atoms with van der Waals surface area (Å²) < 4.78 is 36.3. The van der Waals surface area contributed by atoms with Crippen LogP contribution in [0, 0.1) is 29.6 Å². The van der Waals surface area contributed by atoms with E-state index < -0.39 is 9.71 Å². The number of carbonyl (C=O) groups excluding carboxylic acids is 1. The molecule has 1 spiro atoms. The van der Waals surface area contributed by atoms with Gasteiger partial charge in [-0.05, 0) is 130 Å². The number of nitrogens with zero attached hydrogens (tertiary/aromatic N) is 2. The molecule has 2 fully saturated rings. The Balaban J connectivity index is 1.26. The standard InChI is InChI=1S/C39H54ClN3O5S/c1-25-8-12-33(38-46-20-31(21-47-38)42(3)4)32-13-9-29(32)19-43-23-39(16-6-7-27-17-30(40)11-14-34(27)39)24-48-36-15-10-28(18-35(36)43)37(44)41-49(5,45)22-26(25)2/h10-11,14-15,17-18,25-26,29,31-33,38H,5-9,12-13,16,19-24H2,1-4H3,(H,41,44,45)/t25-,26+,29-,31?,32+,33+,38?,39-,49?/m0/s1. The molecule has 3 heterocycles. The first kappa shape index (κ1) is 35.1. The summed E-state index contributed by atoms with van der Waals surface area (Å²) in [5.41, 5.74) is 3.83. The molecular formula is C39H54ClN3O5S. The van der Waals surface area contributed by atoms with Gasteiger partial charge in [-0.1, -0.05) is 31.5 Å². The largest absolute Gasteiger partial charge is 0.490 e. The van der Waals surface area contributed by atoms with Crippen LogP contribution in [0.15, 0.2) is 36.4 Å². The number of likely N-dealkylation sites (N-methyl/N-ethyl adjacent to an activating group) is 1. The van der Waals surface area contributed by atoms with Crippen molar-refractivity contribution in [3.8, 4) is 5.75 Å². The number of nitrogens with one attached hydrogen (secondary N) is 1. The number of fused-ring (bicyclic) bond motifs is 4. The fourth-order valence-electron chi connectivity index (χ4n) is 9.13. The smallest absolute Gasteiger partial charge is 0.262 e. The normalized spacial score (nSPS) is 36.9. The highest BCUT2D eigenvalue weighted by molar-refractivity contribution is 7.99. The molecule has 2 aromatic rings. The van der Waals surface area contributed by atoms with Gasteiger partial charge in [0.05, 0.1) is 31.5 Å². The van der Waals surface area contributed by atoms with Crippen molar-refractivity contribution >= 4 is 38.8 Å². The molecule has 1 amide bonds. The van der Waals surface area contributed by atoms with Crippen molar-refractivity contribution in [3.63, 3.8) is 0 Å². The third kappa shape index (κ3) is 7.25. The maximum Gasteiger partial charge on any atom is 0.262 e. The first-order valence-electron chi connectivity index (χ1n) is 18.3. The SMILES string of the molecule is C=S1(=O)C[C@@H](C)[C@@H](C)CC[C@@H](C2OCC(N(C)C)CO2)[C@@H]2CC[C@H]2CN2C[C@@]3(CCCc4cc(Cl)ccc43)COc3ccc(cc32)C(=O)N1. The minimum absolute atomic E-state index is 0.128. The second-order valence-corrected chi connectivity index (χ2v) is 18.6. The molecule has 5 aliphatic rings. The molecule has 2 aliphatic carbocycles. The zero-order valence-corrected chi connectivity index (χ0v) is 31.2. The molecule has 2 bridgehead atoms. The minimum Gasteiger partial charge on any atom is -0.490 e. The zero-order valence-electron chi connectivity index (χ0n) is 29.6. The van der Waals surface area contributed by atoms with Crippen molar-refractivity contribution in [3.05, 3.63) is 58.1 Å². The van der Waals surface area contributed by atoms with E-state index in [4.69, 9.17) is 25.8 Å². The van der Waals surface area contributed by atoms with Crippen molar-refractivity contribution in [2.45, 2.75) is 76.5 Å². The summed E-state index contributed by atoms with van der Waals surface area (Å²) in [5, 5.41) is 0.771. The molecule has 1 N–H and O–H groups in total. The number of benzene rings is 2. The van der Waals surface area contributed by atoms with Crippen molar-refractivity contribution < 1.29 is 23.2 Å². The van der Waals surface area contributed by atoms with Gasteiger partial charge in [0.1, 0.15) is 5.75 Å². The number of amides is 1. The number of anilines is 1. The Morgan fingerprint density at radius 1 is 1.02 bits per heavy atom. The molecule has 2 aromatic carbocycles. The maximum absolute atomic E-state index is 13.7. The Morgan fingerprint density at radius 2 is 1.80 bits per heavy atom. The summed E-state index contributed by atoms with van der Waals surface area (Å²) in [6.45, 7) is 7.92. The first-order chi connectivity index (χ1) is 23.4. The second-order valence-electron chi connectivity index (χ2n) is 16.0. The Bertz CT molecular complexity index is 1640. The Morgan fingerprint density at radius 3 is 2.53 bits per heavy atom. The fraction of sp³-hybridized carbons (Fsp3) is 0.641. The summed E-state index contributed by atoms with van der Waals surface area (Å²) in [6.07, 6.45) is 7.13. The second kappa shape index (κ2) is 14.0. The van der Waals surface area contributed by atoms with E-state index >= 15 is 0 Å². The maximum atomic E-state index is 13.7. The molecule has 0 radical (unpaired) electrons. The number of aryl methyl sites for hydroxylation is 1. The quantitative estimate of drug-likeness (QED) is 0.373. The molecular weight excluding hydrogens is 658 g/mol. The minimum atomic E-state index is -2.86. The van der Waals surface area contributed by atoms with E-state index in [1.165, 1.54) is 11.1 Å². The van der Waals surface area contributed by atoms with Crippen molar-refractivity contribution in [2.75, 3.05) is 57.7 Å². The number of hydrogen-bond donors (Lipinski definition) is 1. The lowest BCUT2D eigenvalue weighted by molar-refractivity contribution is -0.241. The monoisotopic (exact) mass is 711 g/mol. The van der Waals surface area contributed by atoms with Crippen LogP contribution in [0.3, 0.4) is 0 Å². The molecule has 10 heteroatoms. The third-order valence-corrected chi connectivity index (χ3v) is 14.4. The average Bonchev–Trinajstić information content (AvgIpc) is 3.20. The molecule has 1 unspecified atom stereocenters. The molecule has 1 saturated heterocycles. The van der Waals surface area contributed by atoms with E-state index in [9.17, 15) is 9.00 Å². The molecule has 0 aromatic heterocycles. The van der Waals surface area contributed by atoms with Crippen LogP contribution < -0.4 is 14.4 Å². The number of ether oxygens (including phenoxy) is 3. The van der Waals surface area contributed by atoms with Crippen LogP contribution in [-0.4, -0.2) is 86.0 Å². The van der Waals surface area contributed by atoms with Gasteiger partial charge in [0, 0.05) is 50.5 Å². The van der Waals surface area contributed by atoms with E-state index in [0.29, 0.717) is 48.9 Å². The van der Waals surface area contributed by atoms with Gasteiger partial charge in [-0.3, -0.25) is 9.52 Å². The molecule has 1 saturated carbocycles. The van der Waals surface area contributed by atoms with Gasteiger partial charge >= 0.3 is 0 Å². The summed E-state index contributed by atoms with van der Waals surface area (Å²) >= 11 is 6.49. The van der Waals surface area contributed by atoms with Gasteiger partial charge in [-0.15, -0.1) is 0 Å². The van der Waals surface area contributed by atoms with Crippen molar-refractivity contribution in [2.24, 2.45) is 29.6 Å². The van der Waals surface area contributed by atoms with Crippen molar-refractivity contribution in [1.82, 2.24) is 9.62 Å². The van der Waals surface area contributed by atoms with E-state index in [1.807, 2.05) is 18.2 Å². The van der Waals surface area contributed by atoms with Gasteiger partial charge in [-0.25, -0.2) is 4.21 Å². The van der Waals surface area contributed by atoms with Crippen LogP contribution in [0.1, 0.15) is 73.9 Å². The lowest BCUT2D eigenvalue weighted by Gasteiger charge is -2.49. The van der Waals surface area contributed by atoms with Gasteiger partial charge < -0.3 is 24.0 Å². The van der Waals surface area contributed by atoms with Crippen molar-refractivity contribution in [1.29, 1.82) is 0 Å². The Labute approximate surface area is 298 Å². The van der Waals surface area contributed by atoms with Gasteiger partial charge in [0.2, 0.25) is 0 Å². The van der Waals surface area contributed by atoms with Crippen LogP contribution in [0.5, 0.6) is 5.75 Å². The van der Waals surface area contributed by atoms with Crippen LogP contribution in [-0.2, 0) is 31.0 Å². The predicted octanol–water partition coefficient (Wildman–Crippen LogP) is 6.19. The van der Waals surface area contributed by atoms with E-state index in [2.05, 4.69) is 60.5 Å². The number of carbonyl (C=O) groups is 1. The molecule has 7 rings (SSSR count). The lowest BCUT2D eigenvalue weighted by atomic mass is 9.64. The van der Waals surface area contributed by atoms with Gasteiger partial charge in [-0.2, -0.15) is 0 Å². The topological polar surface area (TPSA) is 80.3 Å². The molecule has 7 atom stereocenters.